The molecule has 1 atom stereocenters. The van der Waals surface area contributed by atoms with Crippen LogP contribution in [0.4, 0.5) is 17.6 Å². The number of aryl methyl sites for hydroxylation is 1. The molecule has 25 heavy (non-hydrogen) atoms. The van der Waals surface area contributed by atoms with Gasteiger partial charge < -0.3 is 19.9 Å². The zero-order valence-electron chi connectivity index (χ0n) is 14.6. The maximum Gasteiger partial charge on any atom is 0.227 e. The van der Waals surface area contributed by atoms with Crippen LogP contribution in [0.2, 0.25) is 0 Å². The summed E-state index contributed by atoms with van der Waals surface area (Å²) in [5, 5.41) is 3.56. The Labute approximate surface area is 148 Å². The van der Waals surface area contributed by atoms with Gasteiger partial charge in [0, 0.05) is 44.6 Å². The number of hydrogen-bond acceptors (Lipinski definition) is 7. The summed E-state index contributed by atoms with van der Waals surface area (Å²) in [4.78, 5) is 18.1. The molecular weight excluding hydrogens is 316 g/mol. The van der Waals surface area contributed by atoms with Gasteiger partial charge in [0.15, 0.2) is 0 Å². The van der Waals surface area contributed by atoms with Crippen LogP contribution in [0.1, 0.15) is 12.0 Å². The van der Waals surface area contributed by atoms with Crippen LogP contribution in [0.25, 0.3) is 0 Å². The average molecular weight is 340 g/mol. The lowest BCUT2D eigenvalue weighted by Crippen LogP contribution is -2.37. The van der Waals surface area contributed by atoms with Crippen LogP contribution < -0.4 is 15.1 Å². The molecule has 2 aliphatic heterocycles. The van der Waals surface area contributed by atoms with E-state index < -0.39 is 0 Å². The Morgan fingerprint density at radius 2 is 1.96 bits per heavy atom. The number of nitrogens with zero attached hydrogens (tertiary/aromatic N) is 5. The summed E-state index contributed by atoms with van der Waals surface area (Å²) >= 11 is 0. The fraction of sp³-hybridized carbons (Fsp3) is 0.500. The summed E-state index contributed by atoms with van der Waals surface area (Å²) in [7, 11) is 0. The average Bonchev–Trinajstić information content (AvgIpc) is 3.11. The highest BCUT2D eigenvalue weighted by molar-refractivity contribution is 5.49. The molecule has 4 rings (SSSR count). The van der Waals surface area contributed by atoms with Crippen molar-refractivity contribution in [2.24, 2.45) is 0 Å². The highest BCUT2D eigenvalue weighted by atomic mass is 16.5. The summed E-state index contributed by atoms with van der Waals surface area (Å²) in [5.74, 6) is 2.76. The standard InChI is InChI=1S/C18H24N6O/c1-14-3-2-6-19-17(14)24-8-5-15(13-24)21-16-4-7-20-18(22-16)23-9-11-25-12-10-23/h2-4,6-7,15H,5,8-13H2,1H3,(H,20,21,22). The molecule has 1 N–H and O–H groups in total. The Bertz CT molecular complexity index is 718. The van der Waals surface area contributed by atoms with Gasteiger partial charge in [-0.1, -0.05) is 6.07 Å². The van der Waals surface area contributed by atoms with Gasteiger partial charge in [0.25, 0.3) is 0 Å². The van der Waals surface area contributed by atoms with Gasteiger partial charge >= 0.3 is 0 Å². The van der Waals surface area contributed by atoms with E-state index in [4.69, 9.17) is 4.74 Å². The van der Waals surface area contributed by atoms with Crippen molar-refractivity contribution in [3.8, 4) is 0 Å². The van der Waals surface area contributed by atoms with Gasteiger partial charge in [-0.3, -0.25) is 0 Å². The Balaban J connectivity index is 1.40. The van der Waals surface area contributed by atoms with E-state index in [1.807, 2.05) is 24.5 Å². The molecule has 0 amide bonds. The Kier molecular flexibility index (Phi) is 4.65. The lowest BCUT2D eigenvalue weighted by Gasteiger charge is -2.27. The number of hydrogen-bond donors (Lipinski definition) is 1. The second-order valence-corrected chi connectivity index (χ2v) is 6.56. The van der Waals surface area contributed by atoms with Gasteiger partial charge in [-0.2, -0.15) is 4.98 Å². The molecule has 2 fully saturated rings. The fourth-order valence-electron chi connectivity index (χ4n) is 3.43. The van der Waals surface area contributed by atoms with Crippen molar-refractivity contribution in [1.29, 1.82) is 0 Å². The molecule has 0 aliphatic carbocycles. The van der Waals surface area contributed by atoms with E-state index in [-0.39, 0.29) is 0 Å². The van der Waals surface area contributed by atoms with Crippen molar-refractivity contribution in [1.82, 2.24) is 15.0 Å². The predicted molar refractivity (Wildman–Crippen MR) is 98.3 cm³/mol. The minimum atomic E-state index is 0.369. The Morgan fingerprint density at radius 1 is 1.08 bits per heavy atom. The minimum absolute atomic E-state index is 0.369. The number of ether oxygens (including phenoxy) is 1. The summed E-state index contributed by atoms with van der Waals surface area (Å²) in [6.45, 7) is 7.23. The zero-order valence-corrected chi connectivity index (χ0v) is 14.6. The van der Waals surface area contributed by atoms with Crippen molar-refractivity contribution < 1.29 is 4.74 Å². The van der Waals surface area contributed by atoms with Crippen LogP contribution in [-0.4, -0.2) is 60.4 Å². The molecule has 0 radical (unpaired) electrons. The summed E-state index contributed by atoms with van der Waals surface area (Å²) in [5.41, 5.74) is 1.22. The highest BCUT2D eigenvalue weighted by Crippen LogP contribution is 2.23. The number of pyridine rings is 1. The molecule has 1 unspecified atom stereocenters. The maximum atomic E-state index is 5.40. The summed E-state index contributed by atoms with van der Waals surface area (Å²) < 4.78 is 5.40. The van der Waals surface area contributed by atoms with Gasteiger partial charge in [-0.15, -0.1) is 0 Å². The topological polar surface area (TPSA) is 66.4 Å². The molecule has 4 heterocycles. The number of rotatable bonds is 4. The van der Waals surface area contributed by atoms with Crippen molar-refractivity contribution in [3.05, 3.63) is 36.2 Å². The number of aromatic nitrogens is 3. The van der Waals surface area contributed by atoms with Crippen LogP contribution in [0.5, 0.6) is 0 Å². The number of morpholine rings is 1. The third-order valence-corrected chi connectivity index (χ3v) is 4.76. The van der Waals surface area contributed by atoms with E-state index in [1.165, 1.54) is 5.56 Å². The smallest absolute Gasteiger partial charge is 0.227 e. The molecular formula is C18H24N6O. The zero-order chi connectivity index (χ0) is 17.1. The Hall–Kier alpha value is -2.41. The van der Waals surface area contributed by atoms with Crippen LogP contribution in [0.15, 0.2) is 30.6 Å². The van der Waals surface area contributed by atoms with Crippen molar-refractivity contribution >= 4 is 17.6 Å². The van der Waals surface area contributed by atoms with E-state index in [9.17, 15) is 0 Å². The lowest BCUT2D eigenvalue weighted by atomic mass is 10.2. The molecule has 2 aromatic heterocycles. The van der Waals surface area contributed by atoms with E-state index in [2.05, 4.69) is 43.1 Å². The van der Waals surface area contributed by atoms with Gasteiger partial charge in [0.1, 0.15) is 11.6 Å². The van der Waals surface area contributed by atoms with Crippen LogP contribution in [0.3, 0.4) is 0 Å². The molecule has 2 aromatic rings. The predicted octanol–water partition coefficient (Wildman–Crippen LogP) is 1.71. The summed E-state index contributed by atoms with van der Waals surface area (Å²) in [6, 6.07) is 6.41. The third kappa shape index (κ3) is 3.66. The van der Waals surface area contributed by atoms with Crippen LogP contribution in [0, 0.1) is 6.92 Å². The number of nitrogens with one attached hydrogen (secondary N) is 1. The third-order valence-electron chi connectivity index (χ3n) is 4.76. The van der Waals surface area contributed by atoms with E-state index in [1.54, 1.807) is 0 Å². The Morgan fingerprint density at radius 3 is 2.80 bits per heavy atom. The van der Waals surface area contributed by atoms with Gasteiger partial charge in [-0.25, -0.2) is 9.97 Å². The van der Waals surface area contributed by atoms with E-state index >= 15 is 0 Å². The molecule has 0 bridgehead atoms. The maximum absolute atomic E-state index is 5.40. The fourth-order valence-corrected chi connectivity index (χ4v) is 3.43. The molecule has 0 saturated carbocycles. The molecule has 2 saturated heterocycles. The molecule has 7 nitrogen and oxygen atoms in total. The molecule has 2 aliphatic rings. The van der Waals surface area contributed by atoms with Crippen LogP contribution in [-0.2, 0) is 4.74 Å². The van der Waals surface area contributed by atoms with Crippen molar-refractivity contribution in [2.45, 2.75) is 19.4 Å². The molecule has 132 valence electrons. The quantitative estimate of drug-likeness (QED) is 0.909. The lowest BCUT2D eigenvalue weighted by molar-refractivity contribution is 0.122. The first-order chi connectivity index (χ1) is 12.3. The van der Waals surface area contributed by atoms with Crippen LogP contribution >= 0.6 is 0 Å². The first-order valence-corrected chi connectivity index (χ1v) is 8.88. The molecule has 0 aromatic carbocycles. The van der Waals surface area contributed by atoms with Gasteiger partial charge in [-0.05, 0) is 31.0 Å². The van der Waals surface area contributed by atoms with E-state index in [0.717, 1.165) is 63.4 Å². The SMILES string of the molecule is Cc1cccnc1N1CCC(Nc2ccnc(N3CCOCC3)n2)C1. The first-order valence-electron chi connectivity index (χ1n) is 8.88. The normalized spacial score (nSPS) is 20.8. The van der Waals surface area contributed by atoms with Crippen molar-refractivity contribution in [3.63, 3.8) is 0 Å². The number of anilines is 3. The summed E-state index contributed by atoms with van der Waals surface area (Å²) in [6.07, 6.45) is 4.77. The monoisotopic (exact) mass is 340 g/mol. The minimum Gasteiger partial charge on any atom is -0.378 e. The van der Waals surface area contributed by atoms with Gasteiger partial charge in [0.05, 0.1) is 13.2 Å². The highest BCUT2D eigenvalue weighted by Gasteiger charge is 2.25. The second-order valence-electron chi connectivity index (χ2n) is 6.56. The first kappa shape index (κ1) is 16.1. The molecule has 7 heteroatoms. The van der Waals surface area contributed by atoms with Crippen molar-refractivity contribution in [2.75, 3.05) is 54.5 Å². The van der Waals surface area contributed by atoms with Gasteiger partial charge in [0.2, 0.25) is 5.95 Å². The second kappa shape index (κ2) is 7.23. The van der Waals surface area contributed by atoms with E-state index in [0.29, 0.717) is 6.04 Å². The largest absolute Gasteiger partial charge is 0.378 e. The molecule has 0 spiro atoms.